The summed E-state index contributed by atoms with van der Waals surface area (Å²) in [6.07, 6.45) is 0.899. The molecule has 4 heteroatoms. The molecule has 0 aliphatic rings. The van der Waals surface area contributed by atoms with E-state index in [0.717, 1.165) is 22.8 Å². The van der Waals surface area contributed by atoms with Gasteiger partial charge in [-0.3, -0.25) is 4.79 Å². The first kappa shape index (κ1) is 15.3. The molecule has 2 aromatic rings. The highest BCUT2D eigenvalue weighted by Gasteiger charge is 2.10. The number of nitrogens with one attached hydrogen (secondary N) is 1. The number of carbonyl (C=O) groups is 1. The number of nitrogens with two attached hydrogens (primary N) is 1. The van der Waals surface area contributed by atoms with E-state index in [4.69, 9.17) is 10.5 Å². The van der Waals surface area contributed by atoms with Gasteiger partial charge in [-0.1, -0.05) is 37.3 Å². The number of ether oxygens (including phenoxy) is 1. The lowest BCUT2D eigenvalue weighted by Gasteiger charge is -2.15. The molecule has 0 saturated carbocycles. The number of hydrogen-bond donors (Lipinski definition) is 2. The predicted octanol–water partition coefficient (Wildman–Crippen LogP) is 2.59. The molecule has 21 heavy (non-hydrogen) atoms. The number of rotatable bonds is 6. The standard InChI is InChI=1S/C17H22N2O2/c1-3-12(2)19-17(20)11-21-16-9-8-13-6-4-5-7-14(13)15(16)10-18/h4-9,12H,3,10-11,18H2,1-2H3,(H,19,20). The minimum absolute atomic E-state index is 0.00960. The Kier molecular flexibility index (Phi) is 5.17. The number of hydrogen-bond acceptors (Lipinski definition) is 3. The van der Waals surface area contributed by atoms with Crippen molar-refractivity contribution in [2.75, 3.05) is 6.61 Å². The van der Waals surface area contributed by atoms with Crippen LogP contribution in [-0.2, 0) is 11.3 Å². The van der Waals surface area contributed by atoms with Crippen LogP contribution in [0.3, 0.4) is 0 Å². The Labute approximate surface area is 125 Å². The molecule has 4 nitrogen and oxygen atoms in total. The van der Waals surface area contributed by atoms with Crippen LogP contribution < -0.4 is 15.8 Å². The average molecular weight is 286 g/mol. The second-order valence-corrected chi connectivity index (χ2v) is 5.13. The molecular formula is C17H22N2O2. The van der Waals surface area contributed by atoms with Crippen molar-refractivity contribution < 1.29 is 9.53 Å². The lowest BCUT2D eigenvalue weighted by atomic mass is 10.0. The Hall–Kier alpha value is -2.07. The summed E-state index contributed by atoms with van der Waals surface area (Å²) < 4.78 is 5.65. The van der Waals surface area contributed by atoms with E-state index in [1.54, 1.807) is 0 Å². The molecule has 0 bridgehead atoms. The highest BCUT2D eigenvalue weighted by atomic mass is 16.5. The van der Waals surface area contributed by atoms with Gasteiger partial charge in [0.2, 0.25) is 0 Å². The van der Waals surface area contributed by atoms with Crippen LogP contribution in [0.1, 0.15) is 25.8 Å². The third-order valence-corrected chi connectivity index (χ3v) is 3.58. The second kappa shape index (κ2) is 7.09. The Morgan fingerprint density at radius 1 is 1.29 bits per heavy atom. The third kappa shape index (κ3) is 3.73. The normalized spacial score (nSPS) is 12.1. The van der Waals surface area contributed by atoms with Gasteiger partial charge in [-0.25, -0.2) is 0 Å². The maximum absolute atomic E-state index is 11.8. The van der Waals surface area contributed by atoms with Crippen LogP contribution in [-0.4, -0.2) is 18.6 Å². The number of benzene rings is 2. The van der Waals surface area contributed by atoms with E-state index in [-0.39, 0.29) is 18.6 Å². The van der Waals surface area contributed by atoms with Gasteiger partial charge in [0.25, 0.3) is 5.91 Å². The topological polar surface area (TPSA) is 64.3 Å². The zero-order valence-electron chi connectivity index (χ0n) is 12.6. The Bertz CT molecular complexity index is 625. The van der Waals surface area contributed by atoms with E-state index < -0.39 is 0 Å². The van der Waals surface area contributed by atoms with Crippen LogP contribution in [0.4, 0.5) is 0 Å². The van der Waals surface area contributed by atoms with Crippen LogP contribution in [0.15, 0.2) is 36.4 Å². The quantitative estimate of drug-likeness (QED) is 0.858. The fraction of sp³-hybridized carbons (Fsp3) is 0.353. The largest absolute Gasteiger partial charge is 0.483 e. The van der Waals surface area contributed by atoms with Gasteiger partial charge >= 0.3 is 0 Å². The number of fused-ring (bicyclic) bond motifs is 1. The van der Waals surface area contributed by atoms with Crippen molar-refractivity contribution in [2.45, 2.75) is 32.9 Å². The van der Waals surface area contributed by atoms with E-state index in [1.165, 1.54) is 0 Å². The molecule has 1 amide bonds. The van der Waals surface area contributed by atoms with Gasteiger partial charge in [0, 0.05) is 18.2 Å². The van der Waals surface area contributed by atoms with E-state index in [1.807, 2.05) is 50.2 Å². The molecule has 0 spiro atoms. The maximum Gasteiger partial charge on any atom is 0.258 e. The first-order valence-corrected chi connectivity index (χ1v) is 7.28. The predicted molar refractivity (Wildman–Crippen MR) is 85.2 cm³/mol. The SMILES string of the molecule is CCC(C)NC(=O)COc1ccc2ccccc2c1CN. The molecular weight excluding hydrogens is 264 g/mol. The van der Waals surface area contributed by atoms with Crippen LogP contribution in [0.2, 0.25) is 0 Å². The van der Waals surface area contributed by atoms with Gasteiger partial charge in [0.05, 0.1) is 0 Å². The fourth-order valence-corrected chi connectivity index (χ4v) is 2.22. The Balaban J connectivity index is 2.13. The van der Waals surface area contributed by atoms with Crippen molar-refractivity contribution in [3.05, 3.63) is 42.0 Å². The minimum atomic E-state index is -0.111. The molecule has 0 aliphatic carbocycles. The molecule has 1 unspecified atom stereocenters. The third-order valence-electron chi connectivity index (χ3n) is 3.58. The summed E-state index contributed by atoms with van der Waals surface area (Å²) >= 11 is 0. The minimum Gasteiger partial charge on any atom is -0.483 e. The molecule has 0 aliphatic heterocycles. The van der Waals surface area contributed by atoms with Crippen LogP contribution in [0, 0.1) is 0 Å². The lowest BCUT2D eigenvalue weighted by molar-refractivity contribution is -0.123. The van der Waals surface area contributed by atoms with Crippen molar-refractivity contribution in [1.82, 2.24) is 5.32 Å². The zero-order chi connectivity index (χ0) is 15.2. The molecule has 2 rings (SSSR count). The summed E-state index contributed by atoms with van der Waals surface area (Å²) in [5, 5.41) is 5.07. The van der Waals surface area contributed by atoms with Gasteiger partial charge in [-0.05, 0) is 30.2 Å². The van der Waals surface area contributed by atoms with Crippen molar-refractivity contribution in [2.24, 2.45) is 5.73 Å². The second-order valence-electron chi connectivity index (χ2n) is 5.13. The maximum atomic E-state index is 11.8. The van der Waals surface area contributed by atoms with E-state index >= 15 is 0 Å². The zero-order valence-corrected chi connectivity index (χ0v) is 12.6. The lowest BCUT2D eigenvalue weighted by Crippen LogP contribution is -2.35. The fourth-order valence-electron chi connectivity index (χ4n) is 2.22. The summed E-state index contributed by atoms with van der Waals surface area (Å²) in [6.45, 7) is 4.39. The molecule has 0 radical (unpaired) electrons. The van der Waals surface area contributed by atoms with Crippen LogP contribution in [0.5, 0.6) is 5.75 Å². The van der Waals surface area contributed by atoms with Crippen molar-refractivity contribution in [1.29, 1.82) is 0 Å². The molecule has 0 saturated heterocycles. The van der Waals surface area contributed by atoms with Gasteiger partial charge in [-0.15, -0.1) is 0 Å². The monoisotopic (exact) mass is 286 g/mol. The van der Waals surface area contributed by atoms with Gasteiger partial charge < -0.3 is 15.8 Å². The van der Waals surface area contributed by atoms with Crippen molar-refractivity contribution in [3.8, 4) is 5.75 Å². The Morgan fingerprint density at radius 2 is 2.05 bits per heavy atom. The molecule has 1 atom stereocenters. The summed E-state index contributed by atoms with van der Waals surface area (Å²) in [6, 6.07) is 12.0. The highest BCUT2D eigenvalue weighted by Crippen LogP contribution is 2.27. The number of carbonyl (C=O) groups excluding carboxylic acids is 1. The molecule has 0 heterocycles. The van der Waals surface area contributed by atoms with Crippen LogP contribution >= 0.6 is 0 Å². The first-order chi connectivity index (χ1) is 10.2. The summed E-state index contributed by atoms with van der Waals surface area (Å²) in [5.74, 6) is 0.566. The molecule has 0 aromatic heterocycles. The van der Waals surface area contributed by atoms with Crippen molar-refractivity contribution in [3.63, 3.8) is 0 Å². The van der Waals surface area contributed by atoms with E-state index in [9.17, 15) is 4.79 Å². The van der Waals surface area contributed by atoms with Gasteiger partial charge in [0.15, 0.2) is 6.61 Å². The van der Waals surface area contributed by atoms with Gasteiger partial charge in [0.1, 0.15) is 5.75 Å². The molecule has 2 aromatic carbocycles. The van der Waals surface area contributed by atoms with Crippen LogP contribution in [0.25, 0.3) is 10.8 Å². The smallest absolute Gasteiger partial charge is 0.258 e. The molecule has 0 fully saturated rings. The van der Waals surface area contributed by atoms with Crippen molar-refractivity contribution >= 4 is 16.7 Å². The molecule has 112 valence electrons. The first-order valence-electron chi connectivity index (χ1n) is 7.28. The summed E-state index contributed by atoms with van der Waals surface area (Å²) in [7, 11) is 0. The number of amides is 1. The van der Waals surface area contributed by atoms with E-state index in [0.29, 0.717) is 12.3 Å². The Morgan fingerprint density at radius 3 is 2.76 bits per heavy atom. The summed E-state index contributed by atoms with van der Waals surface area (Å²) in [5.41, 5.74) is 6.78. The highest BCUT2D eigenvalue weighted by molar-refractivity contribution is 5.88. The van der Waals surface area contributed by atoms with Gasteiger partial charge in [-0.2, -0.15) is 0 Å². The summed E-state index contributed by atoms with van der Waals surface area (Å²) in [4.78, 5) is 11.8. The van der Waals surface area contributed by atoms with E-state index in [2.05, 4.69) is 5.32 Å². The average Bonchev–Trinajstić information content (AvgIpc) is 2.52. The molecule has 3 N–H and O–H groups in total.